The van der Waals surface area contributed by atoms with Crippen LogP contribution in [0.3, 0.4) is 0 Å². The summed E-state index contributed by atoms with van der Waals surface area (Å²) in [5.74, 6) is 0.396. The Kier molecular flexibility index (Phi) is 15.5. The van der Waals surface area contributed by atoms with E-state index in [-0.39, 0.29) is 78.8 Å². The maximum absolute atomic E-state index is 14.0. The second-order valence-electron chi connectivity index (χ2n) is 19.6. The molecule has 2 aromatic carbocycles. The van der Waals surface area contributed by atoms with E-state index in [1.807, 2.05) is 12.1 Å². The van der Waals surface area contributed by atoms with Gasteiger partial charge in [0.1, 0.15) is 40.6 Å². The second-order valence-corrected chi connectivity index (χ2v) is 23.4. The molecule has 2 saturated carbocycles. The Morgan fingerprint density at radius 2 is 1.13 bits per heavy atom. The van der Waals surface area contributed by atoms with Crippen LogP contribution in [0.25, 0.3) is 0 Å². The molecule has 0 amide bonds. The van der Waals surface area contributed by atoms with Crippen LogP contribution < -0.4 is 23.8 Å². The van der Waals surface area contributed by atoms with Gasteiger partial charge in [-0.3, -0.25) is 18.2 Å². The summed E-state index contributed by atoms with van der Waals surface area (Å²) in [6, 6.07) is 17.3. The number of rotatable bonds is 14. The number of benzene rings is 2. The van der Waals surface area contributed by atoms with E-state index in [1.165, 1.54) is 27.9 Å². The molecule has 0 spiro atoms. The Morgan fingerprint density at radius 1 is 0.676 bits per heavy atom. The lowest BCUT2D eigenvalue weighted by molar-refractivity contribution is -0.155. The third kappa shape index (κ3) is 13.3. The minimum absolute atomic E-state index is 0. The fourth-order valence-corrected chi connectivity index (χ4v) is 10.9. The van der Waals surface area contributed by atoms with E-state index < -0.39 is 49.4 Å². The van der Waals surface area contributed by atoms with Crippen molar-refractivity contribution in [2.24, 2.45) is 0 Å². The van der Waals surface area contributed by atoms with E-state index in [2.05, 4.69) is 9.97 Å². The highest BCUT2D eigenvalue weighted by molar-refractivity contribution is 7.93. The van der Waals surface area contributed by atoms with Gasteiger partial charge in [0.15, 0.2) is 0 Å². The molecule has 0 saturated heterocycles. The number of nitrogen functional groups attached to an aromatic ring is 1. The zero-order chi connectivity index (χ0) is 48.5. The molecule has 4 heterocycles. The van der Waals surface area contributed by atoms with Crippen molar-refractivity contribution in [1.82, 2.24) is 9.97 Å². The van der Waals surface area contributed by atoms with Gasteiger partial charge in [-0.15, -0.1) is 0 Å². The smallest absolute Gasteiger partial charge is 0.310 e. The summed E-state index contributed by atoms with van der Waals surface area (Å²) in [5, 5.41) is 0. The number of carbonyl (C=O) groups is 3. The number of ether oxygens (including phenoxy) is 4. The Morgan fingerprint density at radius 3 is 1.60 bits per heavy atom. The quantitative estimate of drug-likeness (QED) is 0.117. The van der Waals surface area contributed by atoms with E-state index in [9.17, 15) is 31.2 Å². The fraction of sp³-hybridized carbons (Fsp3) is 0.500. The van der Waals surface area contributed by atoms with Gasteiger partial charge >= 0.3 is 11.9 Å². The largest absolute Gasteiger partial charge is 0.471 e. The molecule has 2 aromatic heterocycles. The molecule has 0 bridgehead atoms. The molecular weight excluding hydrogens is 911 g/mol. The topological polar surface area (TPSA) is 215 Å². The number of hydrogen-bond donors (Lipinski definition) is 1. The minimum Gasteiger partial charge on any atom is -0.471 e. The Balaban J connectivity index is 0.000000232. The van der Waals surface area contributed by atoms with Gasteiger partial charge in [0.2, 0.25) is 11.8 Å². The van der Waals surface area contributed by atoms with E-state index in [0.717, 1.165) is 36.8 Å². The number of nitrogens with two attached hydrogens (primary N) is 1. The SMILES string of the molecule is C.CC(=O)CC[C@H]1CN(S(=O)(=O)c2cccc(C3CC3)c2)c2cc(N)cnc2O1.CC(C)(C)OC(=O)CC[C@H]1CN(S(=O)(=O)c2cccc(C3CC3)c2)c2cc(CC(=O)OC(C)(C)C)cnc2O1. The van der Waals surface area contributed by atoms with E-state index in [1.54, 1.807) is 90.1 Å². The number of pyridine rings is 2. The summed E-state index contributed by atoms with van der Waals surface area (Å²) in [6.45, 7) is 12.3. The number of ketones is 1. The van der Waals surface area contributed by atoms with Gasteiger partial charge in [-0.2, -0.15) is 0 Å². The number of anilines is 3. The number of aromatic nitrogens is 2. The number of sulfonamides is 2. The predicted molar refractivity (Wildman–Crippen MR) is 259 cm³/mol. The maximum Gasteiger partial charge on any atom is 0.310 e. The first-order valence-corrected chi connectivity index (χ1v) is 25.6. The number of carbonyl (C=O) groups excluding carboxylic acids is 3. The molecular formula is C50H65N5O11S2. The highest BCUT2D eigenvalue weighted by atomic mass is 32.2. The fourth-order valence-electron chi connectivity index (χ4n) is 7.81. The lowest BCUT2D eigenvalue weighted by Crippen LogP contribution is -2.44. The molecule has 4 aliphatic rings. The van der Waals surface area contributed by atoms with Crippen LogP contribution in [0, 0.1) is 0 Å². The van der Waals surface area contributed by atoms with Gasteiger partial charge in [-0.05, 0) is 152 Å². The van der Waals surface area contributed by atoms with Crippen LogP contribution in [0.1, 0.15) is 136 Å². The van der Waals surface area contributed by atoms with Crippen LogP contribution in [0.2, 0.25) is 0 Å². The minimum atomic E-state index is -4.00. The highest BCUT2D eigenvalue weighted by Gasteiger charge is 2.39. The Hall–Kier alpha value is -5.75. The maximum atomic E-state index is 14.0. The Bertz CT molecular complexity index is 2730. The van der Waals surface area contributed by atoms with Gasteiger partial charge in [0.05, 0.1) is 41.2 Å². The average Bonchev–Trinajstić information content (AvgIpc) is 4.18. The summed E-state index contributed by atoms with van der Waals surface area (Å²) in [4.78, 5) is 45.1. The van der Waals surface area contributed by atoms with Crippen LogP contribution in [-0.4, -0.2) is 81.0 Å². The van der Waals surface area contributed by atoms with Crippen LogP contribution in [0.4, 0.5) is 17.1 Å². The number of nitrogens with zero attached hydrogens (tertiary/aromatic N) is 4. The molecule has 16 nitrogen and oxygen atoms in total. The van der Waals surface area contributed by atoms with Crippen molar-refractivity contribution in [3.05, 3.63) is 89.7 Å². The van der Waals surface area contributed by atoms with Crippen molar-refractivity contribution in [3.63, 3.8) is 0 Å². The van der Waals surface area contributed by atoms with Crippen molar-refractivity contribution >= 4 is 54.8 Å². The average molecular weight is 976 g/mol. The molecule has 0 unspecified atom stereocenters. The molecule has 8 rings (SSSR count). The first-order chi connectivity index (χ1) is 31.4. The van der Waals surface area contributed by atoms with Crippen LogP contribution in [0.15, 0.2) is 82.8 Å². The molecule has 2 atom stereocenters. The normalized spacial score (nSPS) is 18.0. The first kappa shape index (κ1) is 51.6. The monoisotopic (exact) mass is 975 g/mol. The molecule has 18 heteroatoms. The molecule has 2 fully saturated rings. The third-order valence-electron chi connectivity index (χ3n) is 11.2. The number of Topliss-reactive ketones (excluding diaryl/α,β-unsaturated/α-hetero) is 1. The number of fused-ring (bicyclic) bond motifs is 2. The molecule has 0 radical (unpaired) electrons. The first-order valence-electron chi connectivity index (χ1n) is 22.7. The number of esters is 2. The van der Waals surface area contributed by atoms with Gasteiger partial charge in [-0.25, -0.2) is 26.8 Å². The summed E-state index contributed by atoms with van der Waals surface area (Å²) in [5.41, 5.74) is 8.08. The lowest BCUT2D eigenvalue weighted by Gasteiger charge is -2.35. The van der Waals surface area contributed by atoms with E-state index in [4.69, 9.17) is 24.7 Å². The van der Waals surface area contributed by atoms with Crippen molar-refractivity contribution in [3.8, 4) is 11.8 Å². The van der Waals surface area contributed by atoms with Gasteiger partial charge < -0.3 is 29.5 Å². The van der Waals surface area contributed by atoms with Crippen LogP contribution >= 0.6 is 0 Å². The molecule has 2 aliphatic heterocycles. The standard InChI is InChI=1S/C29H38N2O7S.C20H23N3O4S.CH4/c1-28(2,3)37-25(32)13-12-22-18-31(39(34,35)23-9-7-8-21(16-23)20-10-11-20)24-14-19(17-30-27(24)36-22)15-26(33)38-29(4,5)6;1-13(24)5-8-17-12-23(19-10-16(21)11-22-20(19)27-17)28(25,26)18-4-2-3-15(9-18)14-6-7-14;/h7-9,14,16-17,20,22H,10-13,15,18H2,1-6H3;2-4,9-11,14,17H,5-8,12,21H2,1H3;1H4/t22-;17-;/m00./s1. The van der Waals surface area contributed by atoms with Crippen molar-refractivity contribution < 1.29 is 50.2 Å². The molecule has 2 N–H and O–H groups in total. The summed E-state index contributed by atoms with van der Waals surface area (Å²) < 4.78 is 80.3. The molecule has 368 valence electrons. The molecule has 68 heavy (non-hydrogen) atoms. The zero-order valence-electron chi connectivity index (χ0n) is 39.2. The van der Waals surface area contributed by atoms with Crippen molar-refractivity contribution in [1.29, 1.82) is 0 Å². The molecule has 4 aromatic rings. The summed E-state index contributed by atoms with van der Waals surface area (Å²) >= 11 is 0. The van der Waals surface area contributed by atoms with Gasteiger partial charge in [-0.1, -0.05) is 31.7 Å². The second kappa shape index (κ2) is 20.5. The van der Waals surface area contributed by atoms with E-state index in [0.29, 0.717) is 41.6 Å². The molecule has 2 aliphatic carbocycles. The van der Waals surface area contributed by atoms with Crippen LogP contribution in [0.5, 0.6) is 11.8 Å². The zero-order valence-corrected chi connectivity index (χ0v) is 40.8. The number of hydrogen-bond acceptors (Lipinski definition) is 14. The van der Waals surface area contributed by atoms with Gasteiger partial charge in [0, 0.05) is 19.0 Å². The summed E-state index contributed by atoms with van der Waals surface area (Å²) in [6.07, 6.45) is 7.15. The van der Waals surface area contributed by atoms with Gasteiger partial charge in [0.25, 0.3) is 20.0 Å². The predicted octanol–water partition coefficient (Wildman–Crippen LogP) is 8.42. The summed E-state index contributed by atoms with van der Waals surface area (Å²) in [7, 11) is -7.82. The van der Waals surface area contributed by atoms with Crippen molar-refractivity contribution in [2.75, 3.05) is 27.4 Å². The van der Waals surface area contributed by atoms with Crippen molar-refractivity contribution in [2.45, 2.75) is 159 Å². The highest BCUT2D eigenvalue weighted by Crippen LogP contribution is 2.44. The lowest BCUT2D eigenvalue weighted by atomic mass is 10.1. The Labute approximate surface area is 401 Å². The third-order valence-corrected chi connectivity index (χ3v) is 14.8. The van der Waals surface area contributed by atoms with Crippen LogP contribution in [-0.2, 0) is 50.3 Å². The van der Waals surface area contributed by atoms with E-state index >= 15 is 0 Å².